The zero-order valence-electron chi connectivity index (χ0n) is 7.31. The van der Waals surface area contributed by atoms with Crippen LogP contribution >= 0.6 is 0 Å². The van der Waals surface area contributed by atoms with Crippen molar-refractivity contribution in [3.8, 4) is 0 Å². The summed E-state index contributed by atoms with van der Waals surface area (Å²) in [5.41, 5.74) is 0.457. The van der Waals surface area contributed by atoms with Crippen LogP contribution in [0.25, 0.3) is 0 Å². The second-order valence-electron chi connectivity index (χ2n) is 3.96. The van der Waals surface area contributed by atoms with E-state index in [2.05, 4.69) is 20.8 Å². The second kappa shape index (κ2) is 2.91. The van der Waals surface area contributed by atoms with Crippen LogP contribution in [-0.2, 0) is 4.74 Å². The summed E-state index contributed by atoms with van der Waals surface area (Å²) in [7, 11) is 0. The van der Waals surface area contributed by atoms with Gasteiger partial charge in [-0.15, -0.1) is 0 Å². The maximum atomic E-state index is 5.45. The van der Waals surface area contributed by atoms with Gasteiger partial charge in [-0.1, -0.05) is 20.8 Å². The molecule has 1 aliphatic heterocycles. The molecule has 0 saturated carbocycles. The minimum absolute atomic E-state index is 0.457. The summed E-state index contributed by atoms with van der Waals surface area (Å²) in [6.45, 7) is 8.84. The molecule has 0 aromatic heterocycles. The minimum Gasteiger partial charge on any atom is -0.381 e. The number of ether oxygens (including phenoxy) is 1. The molecule has 1 atom stereocenters. The van der Waals surface area contributed by atoms with Gasteiger partial charge in [0.15, 0.2) is 0 Å². The monoisotopic (exact) mass is 142 g/mol. The van der Waals surface area contributed by atoms with Gasteiger partial charge in [-0.2, -0.15) is 0 Å². The number of hydrogen-bond donors (Lipinski definition) is 0. The summed E-state index contributed by atoms with van der Waals surface area (Å²) in [4.78, 5) is 0. The van der Waals surface area contributed by atoms with Gasteiger partial charge in [0.2, 0.25) is 0 Å². The van der Waals surface area contributed by atoms with Crippen LogP contribution in [0, 0.1) is 11.3 Å². The third-order valence-corrected chi connectivity index (χ3v) is 2.86. The zero-order chi connectivity index (χ0) is 7.61. The molecule has 1 saturated heterocycles. The molecule has 0 bridgehead atoms. The molecule has 1 aliphatic rings. The second-order valence-corrected chi connectivity index (χ2v) is 3.96. The molecule has 0 aromatic rings. The van der Waals surface area contributed by atoms with E-state index < -0.39 is 0 Å². The van der Waals surface area contributed by atoms with Gasteiger partial charge in [-0.25, -0.2) is 0 Å². The number of rotatable bonds is 1. The lowest BCUT2D eigenvalue weighted by Gasteiger charge is -2.36. The van der Waals surface area contributed by atoms with Gasteiger partial charge in [-0.3, -0.25) is 0 Å². The predicted molar refractivity (Wildman–Crippen MR) is 43.0 cm³/mol. The van der Waals surface area contributed by atoms with Crippen molar-refractivity contribution >= 4 is 0 Å². The summed E-state index contributed by atoms with van der Waals surface area (Å²) in [5.74, 6) is 0.757. The molecule has 60 valence electrons. The maximum Gasteiger partial charge on any atom is 0.0522 e. The first-order chi connectivity index (χ1) is 4.65. The van der Waals surface area contributed by atoms with Gasteiger partial charge in [0, 0.05) is 6.61 Å². The lowest BCUT2D eigenvalue weighted by molar-refractivity contribution is -0.0226. The first-order valence-electron chi connectivity index (χ1n) is 4.23. The fourth-order valence-corrected chi connectivity index (χ4v) is 1.41. The molecule has 1 nitrogen and oxygen atoms in total. The molecule has 1 fully saturated rings. The molecule has 0 N–H and O–H groups in total. The van der Waals surface area contributed by atoms with Crippen molar-refractivity contribution in [3.63, 3.8) is 0 Å². The average molecular weight is 142 g/mol. The minimum atomic E-state index is 0.457. The van der Waals surface area contributed by atoms with Crippen LogP contribution in [0.5, 0.6) is 0 Å². The van der Waals surface area contributed by atoms with Crippen LogP contribution < -0.4 is 0 Å². The molecular formula is C9H18O. The summed E-state index contributed by atoms with van der Waals surface area (Å²) in [5, 5.41) is 0. The maximum absolute atomic E-state index is 5.45. The quantitative estimate of drug-likeness (QED) is 0.546. The number of hydrogen-bond acceptors (Lipinski definition) is 1. The van der Waals surface area contributed by atoms with Gasteiger partial charge in [0.25, 0.3) is 0 Å². The highest BCUT2D eigenvalue weighted by Gasteiger charge is 2.30. The van der Waals surface area contributed by atoms with E-state index in [4.69, 9.17) is 4.74 Å². The van der Waals surface area contributed by atoms with Crippen LogP contribution in [0.2, 0.25) is 0 Å². The van der Waals surface area contributed by atoms with E-state index in [1.54, 1.807) is 0 Å². The Balaban J connectivity index is 2.48. The van der Waals surface area contributed by atoms with E-state index in [1.807, 2.05) is 0 Å². The molecule has 1 heterocycles. The van der Waals surface area contributed by atoms with Crippen molar-refractivity contribution in [3.05, 3.63) is 0 Å². The van der Waals surface area contributed by atoms with Gasteiger partial charge in [0.1, 0.15) is 0 Å². The third kappa shape index (κ3) is 1.51. The van der Waals surface area contributed by atoms with E-state index in [9.17, 15) is 0 Å². The first-order valence-corrected chi connectivity index (χ1v) is 4.23. The summed E-state index contributed by atoms with van der Waals surface area (Å²) >= 11 is 0. The van der Waals surface area contributed by atoms with E-state index in [0.29, 0.717) is 5.41 Å². The lowest BCUT2D eigenvalue weighted by Crippen LogP contribution is -2.33. The highest BCUT2D eigenvalue weighted by molar-refractivity contribution is 4.79. The molecular weight excluding hydrogens is 124 g/mol. The van der Waals surface area contributed by atoms with Gasteiger partial charge >= 0.3 is 0 Å². The predicted octanol–water partition coefficient (Wildman–Crippen LogP) is 2.46. The highest BCUT2D eigenvalue weighted by Crippen LogP contribution is 2.35. The molecule has 0 spiro atoms. The van der Waals surface area contributed by atoms with Crippen LogP contribution in [-0.4, -0.2) is 13.2 Å². The molecule has 1 heteroatoms. The van der Waals surface area contributed by atoms with Gasteiger partial charge < -0.3 is 4.74 Å². The average Bonchev–Trinajstić information content (AvgIpc) is 1.89. The fourth-order valence-electron chi connectivity index (χ4n) is 1.41. The van der Waals surface area contributed by atoms with Crippen LogP contribution in [0.15, 0.2) is 0 Å². The fraction of sp³-hybridized carbons (Fsp3) is 1.00. The smallest absolute Gasteiger partial charge is 0.0522 e. The first kappa shape index (κ1) is 8.06. The summed E-state index contributed by atoms with van der Waals surface area (Å²) in [6, 6.07) is 0. The molecule has 0 aromatic carbocycles. The van der Waals surface area contributed by atoms with Crippen molar-refractivity contribution in [1.82, 2.24) is 0 Å². The molecule has 0 amide bonds. The van der Waals surface area contributed by atoms with Crippen LogP contribution in [0.4, 0.5) is 0 Å². The van der Waals surface area contributed by atoms with Crippen molar-refractivity contribution in [2.75, 3.05) is 13.2 Å². The lowest BCUT2D eigenvalue weighted by atomic mass is 9.75. The van der Waals surface area contributed by atoms with Crippen molar-refractivity contribution in [2.24, 2.45) is 11.3 Å². The Morgan fingerprint density at radius 2 is 2.10 bits per heavy atom. The summed E-state index contributed by atoms with van der Waals surface area (Å²) < 4.78 is 5.45. The van der Waals surface area contributed by atoms with E-state index >= 15 is 0 Å². The van der Waals surface area contributed by atoms with E-state index in [0.717, 1.165) is 19.1 Å². The van der Waals surface area contributed by atoms with E-state index in [1.165, 1.54) is 12.8 Å². The van der Waals surface area contributed by atoms with E-state index in [-0.39, 0.29) is 0 Å². The molecule has 10 heavy (non-hydrogen) atoms. The van der Waals surface area contributed by atoms with Crippen molar-refractivity contribution in [2.45, 2.75) is 33.6 Å². The van der Waals surface area contributed by atoms with Crippen molar-refractivity contribution < 1.29 is 4.74 Å². The molecule has 0 radical (unpaired) electrons. The molecule has 1 rings (SSSR count). The molecule has 0 unspecified atom stereocenters. The SMILES string of the molecule is CC(C)[C@]1(C)CCCOC1. The van der Waals surface area contributed by atoms with Gasteiger partial charge in [-0.05, 0) is 24.2 Å². The Labute approximate surface area is 63.8 Å². The van der Waals surface area contributed by atoms with Gasteiger partial charge in [0.05, 0.1) is 6.61 Å². The Bertz CT molecular complexity index is 101. The molecule has 0 aliphatic carbocycles. The standard InChI is InChI=1S/C9H18O/c1-8(2)9(3)5-4-6-10-7-9/h8H,4-7H2,1-3H3/t9-/m1/s1. The Hall–Kier alpha value is -0.0400. The Kier molecular flexibility index (Phi) is 2.35. The zero-order valence-corrected chi connectivity index (χ0v) is 7.31. The Morgan fingerprint density at radius 1 is 1.40 bits per heavy atom. The largest absolute Gasteiger partial charge is 0.381 e. The normalized spacial score (nSPS) is 34.8. The third-order valence-electron chi connectivity index (χ3n) is 2.86. The van der Waals surface area contributed by atoms with Crippen LogP contribution in [0.3, 0.4) is 0 Å². The summed E-state index contributed by atoms with van der Waals surface area (Å²) in [6.07, 6.45) is 2.58. The van der Waals surface area contributed by atoms with Crippen molar-refractivity contribution in [1.29, 1.82) is 0 Å². The highest BCUT2D eigenvalue weighted by atomic mass is 16.5. The van der Waals surface area contributed by atoms with Crippen LogP contribution in [0.1, 0.15) is 33.6 Å². The Morgan fingerprint density at radius 3 is 2.40 bits per heavy atom. The topological polar surface area (TPSA) is 9.23 Å².